The maximum atomic E-state index is 6.06. The van der Waals surface area contributed by atoms with E-state index in [1.807, 2.05) is 0 Å². The molecule has 2 saturated heterocycles. The summed E-state index contributed by atoms with van der Waals surface area (Å²) in [6, 6.07) is 0.617. The van der Waals surface area contributed by atoms with Crippen molar-refractivity contribution in [1.29, 1.82) is 0 Å². The topological polar surface area (TPSA) is 30.5 Å². The number of ether oxygens (including phenoxy) is 2. The summed E-state index contributed by atoms with van der Waals surface area (Å²) in [6.45, 7) is 12.9. The van der Waals surface area contributed by atoms with Gasteiger partial charge >= 0.3 is 0 Å². The fraction of sp³-hybridized carbons (Fsp3) is 1.00. The Hall–Kier alpha value is -0.120. The van der Waals surface area contributed by atoms with Crippen LogP contribution in [0.5, 0.6) is 0 Å². The molecule has 112 valence electrons. The second-order valence-electron chi connectivity index (χ2n) is 7.52. The molecular formula is C16H31NO2. The molecule has 0 aliphatic carbocycles. The van der Waals surface area contributed by atoms with Crippen LogP contribution in [0.25, 0.3) is 0 Å². The highest BCUT2D eigenvalue weighted by atomic mass is 16.6. The van der Waals surface area contributed by atoms with Crippen molar-refractivity contribution in [2.24, 2.45) is 11.3 Å². The standard InChI is InChI=1S/C16H31NO2/c1-5-17-14(11-15(2,3)4)13-6-8-19-16(10-13)7-9-18-12-16/h13-14,17H,5-12H2,1-4H3. The molecule has 3 nitrogen and oxygen atoms in total. The maximum absolute atomic E-state index is 6.06. The van der Waals surface area contributed by atoms with Crippen LogP contribution in [0.4, 0.5) is 0 Å². The van der Waals surface area contributed by atoms with Crippen LogP contribution in [0.15, 0.2) is 0 Å². The highest BCUT2D eigenvalue weighted by Crippen LogP contribution is 2.39. The molecule has 0 aromatic carbocycles. The Bertz CT molecular complexity index is 279. The molecular weight excluding hydrogens is 238 g/mol. The maximum Gasteiger partial charge on any atom is 0.0939 e. The first-order valence-electron chi connectivity index (χ1n) is 7.89. The van der Waals surface area contributed by atoms with Gasteiger partial charge in [-0.25, -0.2) is 0 Å². The second kappa shape index (κ2) is 6.11. The van der Waals surface area contributed by atoms with Crippen LogP contribution >= 0.6 is 0 Å². The smallest absolute Gasteiger partial charge is 0.0939 e. The minimum absolute atomic E-state index is 0.0362. The lowest BCUT2D eigenvalue weighted by Crippen LogP contribution is -2.48. The van der Waals surface area contributed by atoms with E-state index >= 15 is 0 Å². The molecule has 1 N–H and O–H groups in total. The van der Waals surface area contributed by atoms with Gasteiger partial charge in [-0.1, -0.05) is 27.7 Å². The summed E-state index contributed by atoms with van der Waals surface area (Å²) in [5.41, 5.74) is 0.416. The Balaban J connectivity index is 1.99. The molecule has 1 spiro atoms. The van der Waals surface area contributed by atoms with Gasteiger partial charge in [0.25, 0.3) is 0 Å². The van der Waals surface area contributed by atoms with E-state index in [9.17, 15) is 0 Å². The van der Waals surface area contributed by atoms with Gasteiger partial charge in [-0.15, -0.1) is 0 Å². The zero-order valence-electron chi connectivity index (χ0n) is 13.1. The number of hydrogen-bond donors (Lipinski definition) is 1. The number of nitrogens with one attached hydrogen (secondary N) is 1. The summed E-state index contributed by atoms with van der Waals surface area (Å²) in [5.74, 6) is 0.731. The van der Waals surface area contributed by atoms with Gasteiger partial charge in [0.05, 0.1) is 12.2 Å². The van der Waals surface area contributed by atoms with Crippen molar-refractivity contribution in [2.75, 3.05) is 26.4 Å². The summed E-state index contributed by atoms with van der Waals surface area (Å²) in [6.07, 6.45) is 4.68. The lowest BCUT2D eigenvalue weighted by molar-refractivity contribution is -0.104. The highest BCUT2D eigenvalue weighted by Gasteiger charge is 2.43. The van der Waals surface area contributed by atoms with Crippen molar-refractivity contribution < 1.29 is 9.47 Å². The van der Waals surface area contributed by atoms with E-state index < -0.39 is 0 Å². The first-order valence-corrected chi connectivity index (χ1v) is 7.89. The monoisotopic (exact) mass is 269 g/mol. The van der Waals surface area contributed by atoms with Crippen LogP contribution in [0.2, 0.25) is 0 Å². The Morgan fingerprint density at radius 2 is 2.11 bits per heavy atom. The van der Waals surface area contributed by atoms with Crippen molar-refractivity contribution in [3.63, 3.8) is 0 Å². The SMILES string of the molecule is CCNC(CC(C)(C)C)C1CCOC2(CCOC2)C1. The average Bonchev–Trinajstić information content (AvgIpc) is 2.75. The van der Waals surface area contributed by atoms with E-state index in [2.05, 4.69) is 33.0 Å². The molecule has 3 heteroatoms. The Kier molecular flexibility index (Phi) is 4.91. The quantitative estimate of drug-likeness (QED) is 0.851. The van der Waals surface area contributed by atoms with Gasteiger partial charge in [0.2, 0.25) is 0 Å². The van der Waals surface area contributed by atoms with E-state index in [0.29, 0.717) is 11.5 Å². The van der Waals surface area contributed by atoms with Crippen molar-refractivity contribution >= 4 is 0 Å². The summed E-state index contributed by atoms with van der Waals surface area (Å²) in [4.78, 5) is 0. The number of hydrogen-bond acceptors (Lipinski definition) is 3. The molecule has 3 atom stereocenters. The fourth-order valence-electron chi connectivity index (χ4n) is 3.60. The lowest BCUT2D eigenvalue weighted by atomic mass is 9.76. The molecule has 2 aliphatic rings. The zero-order valence-corrected chi connectivity index (χ0v) is 13.1. The third-order valence-electron chi connectivity index (χ3n) is 4.47. The Morgan fingerprint density at radius 3 is 2.68 bits per heavy atom. The third-order valence-corrected chi connectivity index (χ3v) is 4.47. The van der Waals surface area contributed by atoms with Crippen LogP contribution in [0.3, 0.4) is 0 Å². The van der Waals surface area contributed by atoms with E-state index in [4.69, 9.17) is 9.47 Å². The van der Waals surface area contributed by atoms with E-state index in [0.717, 1.165) is 38.7 Å². The average molecular weight is 269 g/mol. The Morgan fingerprint density at radius 1 is 1.32 bits per heavy atom. The van der Waals surface area contributed by atoms with Gasteiger partial charge < -0.3 is 14.8 Å². The first-order chi connectivity index (χ1) is 8.94. The van der Waals surface area contributed by atoms with Crippen molar-refractivity contribution in [1.82, 2.24) is 5.32 Å². The fourth-order valence-corrected chi connectivity index (χ4v) is 3.60. The van der Waals surface area contributed by atoms with Gasteiger partial charge in [0, 0.05) is 25.7 Å². The van der Waals surface area contributed by atoms with Crippen LogP contribution in [0.1, 0.15) is 53.4 Å². The minimum Gasteiger partial charge on any atom is -0.378 e. The normalized spacial score (nSPS) is 33.8. The lowest BCUT2D eigenvalue weighted by Gasteiger charge is -2.42. The zero-order chi connectivity index (χ0) is 13.9. The van der Waals surface area contributed by atoms with Gasteiger partial charge in [-0.05, 0) is 37.1 Å². The number of rotatable bonds is 4. The summed E-state index contributed by atoms with van der Waals surface area (Å²) in [5, 5.41) is 3.72. The van der Waals surface area contributed by atoms with Crippen LogP contribution in [-0.2, 0) is 9.47 Å². The van der Waals surface area contributed by atoms with Gasteiger partial charge in [-0.3, -0.25) is 0 Å². The predicted molar refractivity (Wildman–Crippen MR) is 78.4 cm³/mol. The van der Waals surface area contributed by atoms with E-state index in [1.54, 1.807) is 0 Å². The molecule has 0 aromatic heterocycles. The van der Waals surface area contributed by atoms with Gasteiger partial charge in [-0.2, -0.15) is 0 Å². The molecule has 0 amide bonds. The van der Waals surface area contributed by atoms with Gasteiger partial charge in [0.1, 0.15) is 0 Å². The van der Waals surface area contributed by atoms with E-state index in [-0.39, 0.29) is 5.60 Å². The third kappa shape index (κ3) is 4.17. The molecule has 19 heavy (non-hydrogen) atoms. The summed E-state index contributed by atoms with van der Waals surface area (Å²) >= 11 is 0. The molecule has 0 saturated carbocycles. The van der Waals surface area contributed by atoms with Crippen LogP contribution < -0.4 is 5.32 Å². The van der Waals surface area contributed by atoms with Gasteiger partial charge in [0.15, 0.2) is 0 Å². The largest absolute Gasteiger partial charge is 0.378 e. The van der Waals surface area contributed by atoms with Crippen LogP contribution in [-0.4, -0.2) is 38.0 Å². The molecule has 3 unspecified atom stereocenters. The van der Waals surface area contributed by atoms with Crippen molar-refractivity contribution in [3.05, 3.63) is 0 Å². The summed E-state index contributed by atoms with van der Waals surface area (Å²) in [7, 11) is 0. The van der Waals surface area contributed by atoms with E-state index in [1.165, 1.54) is 19.3 Å². The molecule has 0 aromatic rings. The molecule has 2 aliphatic heterocycles. The second-order valence-corrected chi connectivity index (χ2v) is 7.52. The molecule has 0 radical (unpaired) electrons. The first kappa shape index (κ1) is 15.3. The summed E-state index contributed by atoms with van der Waals surface area (Å²) < 4.78 is 11.6. The molecule has 2 fully saturated rings. The highest BCUT2D eigenvalue weighted by molar-refractivity contribution is 4.94. The van der Waals surface area contributed by atoms with Crippen molar-refractivity contribution in [3.8, 4) is 0 Å². The molecule has 0 bridgehead atoms. The molecule has 2 rings (SSSR count). The minimum atomic E-state index is 0.0362. The van der Waals surface area contributed by atoms with Crippen molar-refractivity contribution in [2.45, 2.75) is 65.0 Å². The predicted octanol–water partition coefficient (Wildman–Crippen LogP) is 2.99. The molecule has 2 heterocycles. The van der Waals surface area contributed by atoms with Crippen LogP contribution in [0, 0.1) is 11.3 Å². The Labute approximate surface area is 118 Å².